The highest BCUT2D eigenvalue weighted by Gasteiger charge is 2.48. The van der Waals surface area contributed by atoms with Gasteiger partial charge in [0, 0.05) is 29.5 Å². The van der Waals surface area contributed by atoms with E-state index in [4.69, 9.17) is 9.47 Å². The number of pyridine rings is 1. The number of Topliss-reactive ketones (excluding diaryl/α,β-unsaturated/α-hetero) is 1. The van der Waals surface area contributed by atoms with Gasteiger partial charge in [0.2, 0.25) is 0 Å². The van der Waals surface area contributed by atoms with Crippen molar-refractivity contribution in [2.45, 2.75) is 33.2 Å². The zero-order valence-electron chi connectivity index (χ0n) is 19.8. The van der Waals surface area contributed by atoms with Gasteiger partial charge in [-0.05, 0) is 49.1 Å². The van der Waals surface area contributed by atoms with Gasteiger partial charge < -0.3 is 14.6 Å². The van der Waals surface area contributed by atoms with Crippen LogP contribution in [0.25, 0.3) is 5.76 Å². The molecule has 0 aliphatic carbocycles. The second-order valence-electron chi connectivity index (χ2n) is 8.39. The maximum atomic E-state index is 13.2. The summed E-state index contributed by atoms with van der Waals surface area (Å²) >= 11 is 1.24. The number of nitrogens with zero attached hydrogens (tertiary/aromatic N) is 3. The molecule has 1 fully saturated rings. The van der Waals surface area contributed by atoms with Crippen molar-refractivity contribution >= 4 is 33.9 Å². The molecule has 4 rings (SSSR count). The summed E-state index contributed by atoms with van der Waals surface area (Å²) in [5.74, 6) is -0.231. The monoisotopic (exact) mass is 493 g/mol. The minimum absolute atomic E-state index is 0.0210. The lowest BCUT2D eigenvalue weighted by molar-refractivity contribution is -0.132. The molecule has 1 N–H and O–H groups in total. The summed E-state index contributed by atoms with van der Waals surface area (Å²) in [5, 5.41) is 13.2. The van der Waals surface area contributed by atoms with Crippen molar-refractivity contribution in [3.8, 4) is 11.5 Å². The number of benzene rings is 1. The van der Waals surface area contributed by atoms with Gasteiger partial charge in [-0.25, -0.2) is 4.98 Å². The first-order valence-corrected chi connectivity index (χ1v) is 12.3. The Morgan fingerprint density at radius 3 is 2.54 bits per heavy atom. The van der Waals surface area contributed by atoms with Crippen molar-refractivity contribution in [2.24, 2.45) is 5.92 Å². The smallest absolute Gasteiger partial charge is 0.301 e. The number of ketones is 1. The zero-order valence-corrected chi connectivity index (χ0v) is 20.6. The summed E-state index contributed by atoms with van der Waals surface area (Å²) < 4.78 is 11.8. The molecular formula is C26H27N3O5S. The molecule has 0 bridgehead atoms. The van der Waals surface area contributed by atoms with Crippen LogP contribution >= 0.6 is 11.3 Å². The number of ether oxygens (including phenoxy) is 2. The minimum Gasteiger partial charge on any atom is -0.507 e. The Morgan fingerprint density at radius 2 is 1.89 bits per heavy atom. The van der Waals surface area contributed by atoms with E-state index >= 15 is 0 Å². The van der Waals surface area contributed by atoms with Gasteiger partial charge in [0.15, 0.2) is 16.6 Å². The second kappa shape index (κ2) is 10.7. The van der Waals surface area contributed by atoms with E-state index in [9.17, 15) is 14.7 Å². The fourth-order valence-corrected chi connectivity index (χ4v) is 4.50. The largest absolute Gasteiger partial charge is 0.507 e. The summed E-state index contributed by atoms with van der Waals surface area (Å²) in [6.07, 6.45) is 5.48. The van der Waals surface area contributed by atoms with Crippen LogP contribution in [-0.4, -0.2) is 40.0 Å². The van der Waals surface area contributed by atoms with Crippen LogP contribution in [0, 0.1) is 5.92 Å². The third-order valence-corrected chi connectivity index (χ3v) is 6.33. The van der Waals surface area contributed by atoms with E-state index in [2.05, 4.69) is 23.8 Å². The molecule has 9 heteroatoms. The van der Waals surface area contributed by atoms with Crippen molar-refractivity contribution in [3.05, 3.63) is 71.0 Å². The van der Waals surface area contributed by atoms with E-state index < -0.39 is 17.7 Å². The van der Waals surface area contributed by atoms with Gasteiger partial charge in [0.25, 0.3) is 5.78 Å². The Morgan fingerprint density at radius 1 is 1.11 bits per heavy atom. The molecule has 35 heavy (non-hydrogen) atoms. The standard InChI is InChI=1S/C26H27N3O5S/c1-4-33-20-15-18(5-6-19(20)34-13-9-16(2)3)22-21(23(30)17-7-10-27-11-8-17)24(31)25(32)29(22)26-28-12-14-35-26/h5-8,10-12,14-16,22,30H,4,9,13H2,1-3H3. The first-order chi connectivity index (χ1) is 16.9. The Bertz CT molecular complexity index is 1230. The predicted molar refractivity (Wildman–Crippen MR) is 134 cm³/mol. The average Bonchev–Trinajstić information content (AvgIpc) is 3.47. The van der Waals surface area contributed by atoms with Crippen molar-refractivity contribution in [2.75, 3.05) is 18.1 Å². The molecule has 1 amide bonds. The van der Waals surface area contributed by atoms with Crippen molar-refractivity contribution in [1.82, 2.24) is 9.97 Å². The number of hydrogen-bond donors (Lipinski definition) is 1. The van der Waals surface area contributed by atoms with Gasteiger partial charge in [-0.15, -0.1) is 11.3 Å². The summed E-state index contributed by atoms with van der Waals surface area (Å²) in [4.78, 5) is 35.9. The maximum absolute atomic E-state index is 13.2. The van der Waals surface area contributed by atoms with Crippen molar-refractivity contribution in [3.63, 3.8) is 0 Å². The molecule has 8 nitrogen and oxygen atoms in total. The lowest BCUT2D eigenvalue weighted by Crippen LogP contribution is -2.29. The van der Waals surface area contributed by atoms with Crippen LogP contribution in [0.4, 0.5) is 5.13 Å². The topological polar surface area (TPSA) is 102 Å². The van der Waals surface area contributed by atoms with Crippen LogP contribution < -0.4 is 14.4 Å². The van der Waals surface area contributed by atoms with Gasteiger partial charge in [-0.1, -0.05) is 19.9 Å². The number of amides is 1. The number of carbonyl (C=O) groups is 2. The normalized spacial score (nSPS) is 17.3. The number of aliphatic hydroxyl groups excluding tert-OH is 1. The molecule has 3 aromatic rings. The Hall–Kier alpha value is -3.72. The number of thiazole rings is 1. The second-order valence-corrected chi connectivity index (χ2v) is 9.26. The first-order valence-electron chi connectivity index (χ1n) is 11.4. The molecule has 1 aliphatic rings. The molecular weight excluding hydrogens is 466 g/mol. The van der Waals surface area contributed by atoms with E-state index in [-0.39, 0.29) is 11.3 Å². The summed E-state index contributed by atoms with van der Waals surface area (Å²) in [6, 6.07) is 7.59. The van der Waals surface area contributed by atoms with Crippen LogP contribution in [0.5, 0.6) is 11.5 Å². The quantitative estimate of drug-likeness (QED) is 0.255. The predicted octanol–water partition coefficient (Wildman–Crippen LogP) is 4.99. The Balaban J connectivity index is 1.83. The lowest BCUT2D eigenvalue weighted by atomic mass is 9.95. The number of aliphatic hydroxyl groups is 1. The molecule has 1 aliphatic heterocycles. The highest BCUT2D eigenvalue weighted by molar-refractivity contribution is 7.14. The van der Waals surface area contributed by atoms with Crippen LogP contribution in [0.3, 0.4) is 0 Å². The minimum atomic E-state index is -0.891. The Labute approximate surface area is 207 Å². The highest BCUT2D eigenvalue weighted by Crippen LogP contribution is 2.44. The fraction of sp³-hybridized carbons (Fsp3) is 0.308. The van der Waals surface area contributed by atoms with Crippen molar-refractivity contribution in [1.29, 1.82) is 0 Å². The van der Waals surface area contributed by atoms with E-state index in [0.717, 1.165) is 6.42 Å². The highest BCUT2D eigenvalue weighted by atomic mass is 32.1. The fourth-order valence-electron chi connectivity index (χ4n) is 3.83. The zero-order chi connectivity index (χ0) is 24.9. The molecule has 2 aromatic heterocycles. The number of hydrogen-bond acceptors (Lipinski definition) is 8. The van der Waals surface area contributed by atoms with Crippen LogP contribution in [0.2, 0.25) is 0 Å². The first kappa shape index (κ1) is 24.4. The number of rotatable bonds is 9. The van der Waals surface area contributed by atoms with Crippen molar-refractivity contribution < 1.29 is 24.2 Å². The van der Waals surface area contributed by atoms with E-state index in [1.807, 2.05) is 6.92 Å². The summed E-state index contributed by atoms with van der Waals surface area (Å²) in [7, 11) is 0. The summed E-state index contributed by atoms with van der Waals surface area (Å²) in [6.45, 7) is 7.07. The Kier molecular flexibility index (Phi) is 7.45. The van der Waals surface area contributed by atoms with Gasteiger partial charge in [-0.2, -0.15) is 0 Å². The van der Waals surface area contributed by atoms with Gasteiger partial charge in [0.05, 0.1) is 24.8 Å². The number of aromatic nitrogens is 2. The van der Waals surface area contributed by atoms with Crippen LogP contribution in [0.1, 0.15) is 44.4 Å². The van der Waals surface area contributed by atoms with Gasteiger partial charge in [0.1, 0.15) is 5.76 Å². The van der Waals surface area contributed by atoms with Crippen LogP contribution in [-0.2, 0) is 9.59 Å². The average molecular weight is 494 g/mol. The maximum Gasteiger partial charge on any atom is 0.301 e. The SMILES string of the molecule is CCOc1cc(C2C(=C(O)c3ccncc3)C(=O)C(=O)N2c2nccs2)ccc1OCCC(C)C. The molecule has 1 unspecified atom stereocenters. The van der Waals surface area contributed by atoms with Gasteiger partial charge >= 0.3 is 5.91 Å². The molecule has 182 valence electrons. The third-order valence-electron chi connectivity index (χ3n) is 5.56. The van der Waals surface area contributed by atoms with E-state index in [1.54, 1.807) is 41.9 Å². The molecule has 0 radical (unpaired) electrons. The molecule has 1 aromatic carbocycles. The molecule has 0 spiro atoms. The number of anilines is 1. The summed E-state index contributed by atoms with van der Waals surface area (Å²) in [5.41, 5.74) is 0.961. The van der Waals surface area contributed by atoms with E-state index in [0.29, 0.717) is 46.9 Å². The van der Waals surface area contributed by atoms with Gasteiger partial charge in [-0.3, -0.25) is 19.5 Å². The molecule has 3 heterocycles. The molecule has 1 atom stereocenters. The van der Waals surface area contributed by atoms with Crippen LogP contribution in [0.15, 0.2) is 59.9 Å². The molecule has 1 saturated heterocycles. The molecule has 0 saturated carbocycles. The third kappa shape index (κ3) is 5.05. The number of carbonyl (C=O) groups excluding carboxylic acids is 2. The lowest BCUT2D eigenvalue weighted by Gasteiger charge is -2.24. The van der Waals surface area contributed by atoms with E-state index in [1.165, 1.54) is 28.6 Å².